The number of halogens is 4. The lowest BCUT2D eigenvalue weighted by molar-refractivity contribution is 0.298. The number of fused-ring (bicyclic) bond motifs is 1. The molecule has 0 bridgehead atoms. The van der Waals surface area contributed by atoms with E-state index in [1.165, 1.54) is 0 Å². The van der Waals surface area contributed by atoms with Crippen molar-refractivity contribution in [1.82, 2.24) is 0 Å². The lowest BCUT2D eigenvalue weighted by Crippen LogP contribution is -2.10. The van der Waals surface area contributed by atoms with E-state index >= 15 is 0 Å². The van der Waals surface area contributed by atoms with Gasteiger partial charge in [-0.25, -0.2) is 0 Å². The first-order chi connectivity index (χ1) is 13.9. The van der Waals surface area contributed by atoms with E-state index in [1.54, 1.807) is 60.7 Å². The second-order valence-electron chi connectivity index (χ2n) is 6.23. The van der Waals surface area contributed by atoms with Crippen LogP contribution in [0.3, 0.4) is 0 Å². The predicted molar refractivity (Wildman–Crippen MR) is 119 cm³/mol. The van der Waals surface area contributed by atoms with E-state index in [4.69, 9.17) is 55.6 Å². The molecule has 3 aromatic carbocycles. The van der Waals surface area contributed by atoms with E-state index in [-0.39, 0.29) is 23.5 Å². The molecule has 146 valence electrons. The summed E-state index contributed by atoms with van der Waals surface area (Å²) in [7, 11) is 0. The minimum atomic E-state index is -0.345. The highest BCUT2D eigenvalue weighted by Gasteiger charge is 2.19. The third-order valence-corrected chi connectivity index (χ3v) is 5.53. The number of benzene rings is 3. The quantitative estimate of drug-likeness (QED) is 0.310. The fraction of sp³-hybridized carbons (Fsp3) is 0.0455. The highest BCUT2D eigenvalue weighted by molar-refractivity contribution is 6.36. The molecule has 29 heavy (non-hydrogen) atoms. The zero-order chi connectivity index (χ0) is 20.5. The van der Waals surface area contributed by atoms with Gasteiger partial charge < -0.3 is 9.15 Å². The summed E-state index contributed by atoms with van der Waals surface area (Å²) >= 11 is 24.5. The fourth-order valence-corrected chi connectivity index (χ4v) is 3.69. The molecule has 0 N–H and O–H groups in total. The maximum atomic E-state index is 13.2. The van der Waals surface area contributed by atoms with E-state index in [9.17, 15) is 4.79 Å². The molecule has 1 heterocycles. The van der Waals surface area contributed by atoms with Crippen LogP contribution in [0.2, 0.25) is 20.1 Å². The van der Waals surface area contributed by atoms with E-state index in [2.05, 4.69) is 0 Å². The van der Waals surface area contributed by atoms with Gasteiger partial charge in [-0.3, -0.25) is 4.79 Å². The van der Waals surface area contributed by atoms with Crippen LogP contribution >= 0.6 is 46.4 Å². The third-order valence-electron chi connectivity index (χ3n) is 4.34. The molecule has 0 saturated carbocycles. The van der Waals surface area contributed by atoms with Crippen LogP contribution in [-0.2, 0) is 6.61 Å². The fourth-order valence-electron chi connectivity index (χ4n) is 2.89. The van der Waals surface area contributed by atoms with E-state index in [0.29, 0.717) is 42.2 Å². The van der Waals surface area contributed by atoms with Crippen molar-refractivity contribution in [3.05, 3.63) is 96.5 Å². The first-order valence-corrected chi connectivity index (χ1v) is 10.0. The van der Waals surface area contributed by atoms with Crippen molar-refractivity contribution in [1.29, 1.82) is 0 Å². The Kier molecular flexibility index (Phi) is 5.75. The first-order valence-electron chi connectivity index (χ1n) is 8.52. The molecule has 0 fully saturated rings. The minimum Gasteiger partial charge on any atom is -0.481 e. The number of hydrogen-bond acceptors (Lipinski definition) is 3. The molecule has 7 heteroatoms. The van der Waals surface area contributed by atoms with Crippen LogP contribution in [-0.4, -0.2) is 0 Å². The predicted octanol–water partition coefficient (Wildman–Crippen LogP) is 7.65. The average molecular weight is 466 g/mol. The Morgan fingerprint density at radius 2 is 1.48 bits per heavy atom. The van der Waals surface area contributed by atoms with E-state index in [1.807, 2.05) is 0 Å². The summed E-state index contributed by atoms with van der Waals surface area (Å²) < 4.78 is 11.9. The Morgan fingerprint density at radius 3 is 2.17 bits per heavy atom. The normalized spacial score (nSPS) is 11.0. The number of rotatable bonds is 4. The summed E-state index contributed by atoms with van der Waals surface area (Å²) in [5.74, 6) is 0.322. The maximum Gasteiger partial charge on any atom is 0.235 e. The van der Waals surface area contributed by atoms with Crippen LogP contribution in [0.1, 0.15) is 5.56 Å². The molecular formula is C22H12Cl4O3. The molecule has 0 atom stereocenters. The monoisotopic (exact) mass is 464 g/mol. The number of ether oxygens (including phenoxy) is 1. The Morgan fingerprint density at radius 1 is 0.828 bits per heavy atom. The second kappa shape index (κ2) is 8.29. The SMILES string of the molecule is O=c1c(OCc2c(Cl)cccc2Cl)c(-c2ccc(Cl)cc2)oc2ccc(Cl)cc12. The Bertz CT molecular complexity index is 1240. The van der Waals surface area contributed by atoms with E-state index < -0.39 is 0 Å². The van der Waals surface area contributed by atoms with Gasteiger partial charge in [0.05, 0.1) is 5.39 Å². The Balaban J connectivity index is 1.87. The number of hydrogen-bond donors (Lipinski definition) is 0. The average Bonchev–Trinajstić information content (AvgIpc) is 2.70. The van der Waals surface area contributed by atoms with E-state index in [0.717, 1.165) is 0 Å². The Labute approximate surface area is 186 Å². The summed E-state index contributed by atoms with van der Waals surface area (Å²) in [5.41, 5.74) is 1.27. The van der Waals surface area contributed by atoms with Gasteiger partial charge in [0.15, 0.2) is 5.76 Å². The van der Waals surface area contributed by atoms with Crippen molar-refractivity contribution in [2.75, 3.05) is 0 Å². The molecule has 0 spiro atoms. The molecular weight excluding hydrogens is 454 g/mol. The van der Waals surface area contributed by atoms with Gasteiger partial charge >= 0.3 is 0 Å². The highest BCUT2D eigenvalue weighted by Crippen LogP contribution is 2.34. The highest BCUT2D eigenvalue weighted by atomic mass is 35.5. The zero-order valence-electron chi connectivity index (χ0n) is 14.7. The zero-order valence-corrected chi connectivity index (χ0v) is 17.7. The third kappa shape index (κ3) is 4.10. The van der Waals surface area contributed by atoms with Crippen molar-refractivity contribution in [3.63, 3.8) is 0 Å². The van der Waals surface area contributed by atoms with Gasteiger partial charge in [0.25, 0.3) is 0 Å². The van der Waals surface area contributed by atoms with Crippen LogP contribution in [0.15, 0.2) is 69.9 Å². The smallest absolute Gasteiger partial charge is 0.235 e. The molecule has 0 amide bonds. The lowest BCUT2D eigenvalue weighted by Gasteiger charge is -2.13. The van der Waals surface area contributed by atoms with Crippen molar-refractivity contribution < 1.29 is 9.15 Å². The second-order valence-corrected chi connectivity index (χ2v) is 7.91. The van der Waals surface area contributed by atoms with Crippen molar-refractivity contribution in [2.24, 2.45) is 0 Å². The summed E-state index contributed by atoms with van der Waals surface area (Å²) in [5, 5.41) is 2.19. The van der Waals surface area contributed by atoms with Crippen LogP contribution in [0.25, 0.3) is 22.3 Å². The van der Waals surface area contributed by atoms with Gasteiger partial charge in [0, 0.05) is 31.2 Å². The van der Waals surface area contributed by atoms with Gasteiger partial charge in [-0.2, -0.15) is 0 Å². The molecule has 0 unspecified atom stereocenters. The van der Waals surface area contributed by atoms with Crippen LogP contribution in [0.5, 0.6) is 5.75 Å². The van der Waals surface area contributed by atoms with Gasteiger partial charge in [0.1, 0.15) is 12.2 Å². The van der Waals surface area contributed by atoms with Crippen LogP contribution in [0, 0.1) is 0 Å². The van der Waals surface area contributed by atoms with Gasteiger partial charge in [0.2, 0.25) is 11.2 Å². The standard InChI is InChI=1S/C22H12Cl4O3/c23-13-6-4-12(5-7-13)21-22(28-11-16-17(25)2-1-3-18(16)26)20(27)15-10-14(24)8-9-19(15)29-21/h1-10H,11H2. The van der Waals surface area contributed by atoms with Crippen molar-refractivity contribution in [3.8, 4) is 17.1 Å². The first kappa shape index (κ1) is 20.1. The molecule has 0 radical (unpaired) electrons. The molecule has 0 saturated heterocycles. The Hall–Kier alpha value is -2.17. The lowest BCUT2D eigenvalue weighted by atomic mass is 10.1. The molecule has 0 aliphatic heterocycles. The molecule has 0 aliphatic carbocycles. The van der Waals surface area contributed by atoms with Gasteiger partial charge in [-0.15, -0.1) is 0 Å². The summed E-state index contributed by atoms with van der Waals surface area (Å²) in [6, 6.07) is 16.9. The summed E-state index contributed by atoms with van der Waals surface area (Å²) in [6.07, 6.45) is 0. The molecule has 1 aromatic heterocycles. The van der Waals surface area contributed by atoms with Gasteiger partial charge in [-0.1, -0.05) is 52.5 Å². The summed E-state index contributed by atoms with van der Waals surface area (Å²) in [6.45, 7) is -0.00404. The molecule has 4 aromatic rings. The molecule has 0 aliphatic rings. The summed E-state index contributed by atoms with van der Waals surface area (Å²) in [4.78, 5) is 13.2. The maximum absolute atomic E-state index is 13.2. The van der Waals surface area contributed by atoms with Crippen LogP contribution in [0.4, 0.5) is 0 Å². The van der Waals surface area contributed by atoms with Crippen LogP contribution < -0.4 is 10.2 Å². The van der Waals surface area contributed by atoms with Crippen molar-refractivity contribution in [2.45, 2.75) is 6.61 Å². The van der Waals surface area contributed by atoms with Gasteiger partial charge in [-0.05, 0) is 54.6 Å². The molecule has 4 rings (SSSR count). The topological polar surface area (TPSA) is 39.4 Å². The van der Waals surface area contributed by atoms with Crippen molar-refractivity contribution >= 4 is 57.4 Å². The minimum absolute atomic E-state index is 0.00404. The molecule has 3 nitrogen and oxygen atoms in total. The largest absolute Gasteiger partial charge is 0.481 e.